The third kappa shape index (κ3) is 2.64. The molecule has 136 valence electrons. The molecule has 0 spiro atoms. The predicted molar refractivity (Wildman–Crippen MR) is 101 cm³/mol. The number of para-hydroxylation sites is 1. The van der Waals surface area contributed by atoms with Gasteiger partial charge in [0.2, 0.25) is 6.79 Å². The molecule has 1 atom stereocenters. The number of hydrazone groups is 1. The lowest BCUT2D eigenvalue weighted by Crippen LogP contribution is -2.50. The first-order valence-corrected chi connectivity index (χ1v) is 9.62. The molecular formula is C19H16N4O3S. The predicted octanol–water partition coefficient (Wildman–Crippen LogP) is 1.31. The number of thioether (sulfide) groups is 1. The molecule has 0 saturated heterocycles. The van der Waals surface area contributed by atoms with Crippen LogP contribution in [0.1, 0.15) is 18.7 Å². The van der Waals surface area contributed by atoms with Crippen molar-refractivity contribution in [2.45, 2.75) is 13.1 Å². The number of amides is 1. The molecule has 2 aromatic rings. The molecule has 1 N–H and O–H groups in total. The smallest absolute Gasteiger partial charge is 0.276 e. The minimum absolute atomic E-state index is 0.172. The monoisotopic (exact) mass is 380 g/mol. The van der Waals surface area contributed by atoms with Crippen LogP contribution in [0.5, 0.6) is 11.5 Å². The number of ether oxygens (including phenoxy) is 2. The highest BCUT2D eigenvalue weighted by molar-refractivity contribution is 8.13. The number of fused-ring (bicyclic) bond motifs is 3. The van der Waals surface area contributed by atoms with Crippen molar-refractivity contribution < 1.29 is 14.3 Å². The van der Waals surface area contributed by atoms with Gasteiger partial charge in [0, 0.05) is 10.8 Å². The number of amidine groups is 1. The highest BCUT2D eigenvalue weighted by Crippen LogP contribution is 2.37. The average molecular weight is 380 g/mol. The van der Waals surface area contributed by atoms with E-state index >= 15 is 0 Å². The van der Waals surface area contributed by atoms with Crippen LogP contribution in [0, 0.1) is 0 Å². The Hall–Kier alpha value is -3.00. The second kappa shape index (κ2) is 6.31. The van der Waals surface area contributed by atoms with Crippen LogP contribution in [0.2, 0.25) is 0 Å². The normalized spacial score (nSPS) is 19.7. The SMILES string of the molecule is CCSC1=NN2C(=c3ccccc3=N[C@H]2c2ccc3c(c2)OCO3)C(=O)N1. The highest BCUT2D eigenvalue weighted by atomic mass is 32.2. The summed E-state index contributed by atoms with van der Waals surface area (Å²) in [4.78, 5) is 17.7. The Labute approximate surface area is 159 Å². The van der Waals surface area contributed by atoms with E-state index in [-0.39, 0.29) is 12.7 Å². The van der Waals surface area contributed by atoms with Crippen LogP contribution < -0.4 is 25.4 Å². The Kier molecular flexibility index (Phi) is 3.78. The van der Waals surface area contributed by atoms with E-state index in [2.05, 4.69) is 10.4 Å². The van der Waals surface area contributed by atoms with Gasteiger partial charge in [0.25, 0.3) is 5.91 Å². The quantitative estimate of drug-likeness (QED) is 0.850. The molecule has 8 heteroatoms. The molecule has 0 fully saturated rings. The summed E-state index contributed by atoms with van der Waals surface area (Å²) < 4.78 is 10.9. The first-order chi connectivity index (χ1) is 13.2. The van der Waals surface area contributed by atoms with Gasteiger partial charge in [-0.25, -0.2) is 5.01 Å². The molecule has 2 aromatic carbocycles. The molecular weight excluding hydrogens is 364 g/mol. The van der Waals surface area contributed by atoms with E-state index in [1.54, 1.807) is 5.01 Å². The van der Waals surface area contributed by atoms with Gasteiger partial charge in [-0.1, -0.05) is 43.0 Å². The van der Waals surface area contributed by atoms with Crippen molar-refractivity contribution in [1.29, 1.82) is 0 Å². The number of nitrogens with one attached hydrogen (secondary N) is 1. The lowest BCUT2D eigenvalue weighted by Gasteiger charge is -2.34. The Balaban J connectivity index is 1.71. The summed E-state index contributed by atoms with van der Waals surface area (Å²) in [5.74, 6) is 2.03. The van der Waals surface area contributed by atoms with Gasteiger partial charge in [0.15, 0.2) is 22.8 Å². The van der Waals surface area contributed by atoms with Crippen molar-refractivity contribution in [2.24, 2.45) is 10.1 Å². The maximum Gasteiger partial charge on any atom is 0.276 e. The number of hydrogen-bond donors (Lipinski definition) is 1. The minimum Gasteiger partial charge on any atom is -0.454 e. The fourth-order valence-corrected chi connectivity index (χ4v) is 3.90. The summed E-state index contributed by atoms with van der Waals surface area (Å²) in [5.41, 5.74) is 1.38. The maximum atomic E-state index is 12.9. The molecule has 0 bridgehead atoms. The fourth-order valence-electron chi connectivity index (χ4n) is 3.32. The molecule has 0 unspecified atom stereocenters. The van der Waals surface area contributed by atoms with Crippen LogP contribution in [0.15, 0.2) is 52.6 Å². The third-order valence-electron chi connectivity index (χ3n) is 4.49. The standard InChI is InChI=1S/C19H16N4O3S/c1-2-27-19-21-18(24)16-12-5-3-4-6-13(12)20-17(23(16)22-19)11-7-8-14-15(9-11)26-10-25-14/h3-9,17H,2,10H2,1H3,(H,21,22,24)/t17-/m1/s1. The summed E-state index contributed by atoms with van der Waals surface area (Å²) in [7, 11) is 0. The van der Waals surface area contributed by atoms with Crippen molar-refractivity contribution in [3.05, 3.63) is 58.6 Å². The number of rotatable bonds is 2. The summed E-state index contributed by atoms with van der Waals surface area (Å²) in [5, 5.41) is 11.4. The van der Waals surface area contributed by atoms with Gasteiger partial charge in [-0.05, 0) is 24.0 Å². The van der Waals surface area contributed by atoms with E-state index in [1.807, 2.05) is 49.4 Å². The largest absolute Gasteiger partial charge is 0.454 e. The van der Waals surface area contributed by atoms with E-state index in [1.165, 1.54) is 11.8 Å². The Morgan fingerprint density at radius 3 is 2.96 bits per heavy atom. The van der Waals surface area contributed by atoms with Crippen LogP contribution >= 0.6 is 11.8 Å². The molecule has 3 heterocycles. The van der Waals surface area contributed by atoms with Crippen molar-refractivity contribution >= 4 is 28.5 Å². The number of nitrogens with zero attached hydrogens (tertiary/aromatic N) is 3. The molecule has 7 nitrogen and oxygen atoms in total. The van der Waals surface area contributed by atoms with Gasteiger partial charge in [0.05, 0.1) is 5.36 Å². The number of hydrogen-bond acceptors (Lipinski definition) is 7. The molecule has 0 aromatic heterocycles. The summed E-state index contributed by atoms with van der Waals surface area (Å²) in [6, 6.07) is 13.3. The Bertz CT molecular complexity index is 1100. The lowest BCUT2D eigenvalue weighted by atomic mass is 10.1. The zero-order valence-corrected chi connectivity index (χ0v) is 15.3. The van der Waals surface area contributed by atoms with Crippen molar-refractivity contribution in [2.75, 3.05) is 12.5 Å². The van der Waals surface area contributed by atoms with Crippen LogP contribution in [-0.4, -0.2) is 28.6 Å². The topological polar surface area (TPSA) is 75.5 Å². The van der Waals surface area contributed by atoms with Crippen molar-refractivity contribution in [3.63, 3.8) is 0 Å². The molecule has 0 aliphatic carbocycles. The molecule has 27 heavy (non-hydrogen) atoms. The number of benzene rings is 2. The zero-order chi connectivity index (χ0) is 18.4. The van der Waals surface area contributed by atoms with Crippen LogP contribution in [0.25, 0.3) is 5.70 Å². The third-order valence-corrected chi connectivity index (χ3v) is 5.24. The molecule has 3 aliphatic rings. The molecule has 0 saturated carbocycles. The van der Waals surface area contributed by atoms with E-state index in [9.17, 15) is 4.79 Å². The summed E-state index contributed by atoms with van der Waals surface area (Å²) >= 11 is 1.49. The van der Waals surface area contributed by atoms with Gasteiger partial charge in [-0.3, -0.25) is 15.1 Å². The maximum absolute atomic E-state index is 12.9. The van der Waals surface area contributed by atoms with Gasteiger partial charge < -0.3 is 9.47 Å². The highest BCUT2D eigenvalue weighted by Gasteiger charge is 2.34. The molecule has 3 aliphatic heterocycles. The second-order valence-corrected chi connectivity index (χ2v) is 7.37. The van der Waals surface area contributed by atoms with Crippen molar-refractivity contribution in [3.8, 4) is 11.5 Å². The van der Waals surface area contributed by atoms with Gasteiger partial charge in [-0.2, -0.15) is 0 Å². The molecule has 5 rings (SSSR count). The lowest BCUT2D eigenvalue weighted by molar-refractivity contribution is -0.116. The van der Waals surface area contributed by atoms with Crippen LogP contribution in [0.3, 0.4) is 0 Å². The van der Waals surface area contributed by atoms with E-state index < -0.39 is 6.17 Å². The van der Waals surface area contributed by atoms with E-state index in [0.29, 0.717) is 22.4 Å². The average Bonchev–Trinajstić information content (AvgIpc) is 3.15. The fraction of sp³-hybridized carbons (Fsp3) is 0.211. The van der Waals surface area contributed by atoms with Gasteiger partial charge in [-0.15, -0.1) is 5.10 Å². The first kappa shape index (κ1) is 16.2. The first-order valence-electron chi connectivity index (χ1n) is 8.63. The van der Waals surface area contributed by atoms with E-state index in [4.69, 9.17) is 14.5 Å². The van der Waals surface area contributed by atoms with Gasteiger partial charge in [0.1, 0.15) is 5.70 Å². The molecule has 1 amide bonds. The summed E-state index contributed by atoms with van der Waals surface area (Å²) in [6.07, 6.45) is -0.456. The number of carbonyl (C=O) groups excluding carboxylic acids is 1. The zero-order valence-electron chi connectivity index (χ0n) is 14.5. The Morgan fingerprint density at radius 1 is 1.22 bits per heavy atom. The van der Waals surface area contributed by atoms with Gasteiger partial charge >= 0.3 is 0 Å². The van der Waals surface area contributed by atoms with Crippen LogP contribution in [-0.2, 0) is 4.79 Å². The van der Waals surface area contributed by atoms with Crippen LogP contribution in [0.4, 0.5) is 0 Å². The molecule has 0 radical (unpaired) electrons. The van der Waals surface area contributed by atoms with Crippen molar-refractivity contribution in [1.82, 2.24) is 10.3 Å². The Morgan fingerprint density at radius 2 is 2.07 bits per heavy atom. The minimum atomic E-state index is -0.456. The van der Waals surface area contributed by atoms with E-state index in [0.717, 1.165) is 21.9 Å². The number of carbonyl (C=O) groups is 1. The second-order valence-electron chi connectivity index (χ2n) is 6.12. The summed E-state index contributed by atoms with van der Waals surface area (Å²) in [6.45, 7) is 2.23.